The molecule has 1 aliphatic rings. The Morgan fingerprint density at radius 3 is 3.12 bits per heavy atom. The van der Waals surface area contributed by atoms with Crippen molar-refractivity contribution in [3.05, 3.63) is 12.8 Å². The maximum atomic E-state index is 5.10. The van der Waals surface area contributed by atoms with Gasteiger partial charge in [-0.1, -0.05) is 6.58 Å². The molecule has 1 N–H and O–H groups in total. The molecule has 2 heteroatoms. The first-order valence-corrected chi connectivity index (χ1v) is 2.90. The molecule has 1 aliphatic heterocycles. The molecule has 1 heterocycles. The average molecular weight is 113 g/mol. The minimum Gasteiger partial charge on any atom is -0.497 e. The van der Waals surface area contributed by atoms with E-state index in [-0.39, 0.29) is 0 Å². The first kappa shape index (κ1) is 5.63. The molecule has 0 bridgehead atoms. The fourth-order valence-corrected chi connectivity index (χ4v) is 0.880. The van der Waals surface area contributed by atoms with Crippen molar-refractivity contribution in [2.45, 2.75) is 12.5 Å². The molecule has 1 saturated heterocycles. The topological polar surface area (TPSA) is 21.3 Å². The molecule has 1 fully saturated rings. The molecule has 1 rings (SSSR count). The summed E-state index contributed by atoms with van der Waals surface area (Å²) in [6.45, 7) is 5.53. The smallest absolute Gasteiger partial charge is 0.111 e. The quantitative estimate of drug-likeness (QED) is 0.527. The summed E-state index contributed by atoms with van der Waals surface area (Å²) in [5, 5.41) is 3.18. The van der Waals surface area contributed by atoms with Crippen molar-refractivity contribution in [3.8, 4) is 0 Å². The molecular formula is C6H11NO. The van der Waals surface area contributed by atoms with Crippen LogP contribution in [0.5, 0.6) is 0 Å². The normalized spacial score (nSPS) is 27.8. The van der Waals surface area contributed by atoms with Crippen LogP contribution in [0.2, 0.25) is 0 Å². The summed E-state index contributed by atoms with van der Waals surface area (Å²) >= 11 is 0. The monoisotopic (exact) mass is 113 g/mol. The fraction of sp³-hybridized carbons (Fsp3) is 0.667. The van der Waals surface area contributed by atoms with Gasteiger partial charge in [-0.15, -0.1) is 0 Å². The van der Waals surface area contributed by atoms with Crippen LogP contribution in [0, 0.1) is 0 Å². The molecule has 0 saturated carbocycles. The average Bonchev–Trinajstić information content (AvgIpc) is 2.19. The number of ether oxygens (including phenoxy) is 1. The highest BCUT2D eigenvalue weighted by molar-refractivity contribution is 4.72. The molecular weight excluding hydrogens is 102 g/mol. The second-order valence-electron chi connectivity index (χ2n) is 1.92. The van der Waals surface area contributed by atoms with Crippen molar-refractivity contribution in [3.63, 3.8) is 0 Å². The molecule has 1 atom stereocenters. The Hall–Kier alpha value is -0.500. The van der Waals surface area contributed by atoms with Gasteiger partial charge in [-0.2, -0.15) is 0 Å². The Balaban J connectivity index is 2.14. The van der Waals surface area contributed by atoms with Crippen LogP contribution in [0.4, 0.5) is 0 Å². The molecule has 0 spiro atoms. The van der Waals surface area contributed by atoms with Gasteiger partial charge in [0, 0.05) is 6.54 Å². The minimum absolute atomic E-state index is 0.382. The van der Waals surface area contributed by atoms with Gasteiger partial charge in [0.05, 0.1) is 6.26 Å². The van der Waals surface area contributed by atoms with E-state index in [0.29, 0.717) is 6.10 Å². The van der Waals surface area contributed by atoms with Gasteiger partial charge in [0.15, 0.2) is 0 Å². The largest absolute Gasteiger partial charge is 0.497 e. The lowest BCUT2D eigenvalue weighted by molar-refractivity contribution is 0.164. The van der Waals surface area contributed by atoms with E-state index in [1.165, 1.54) is 6.26 Å². The summed E-state index contributed by atoms with van der Waals surface area (Å²) in [5.74, 6) is 0. The number of nitrogens with one attached hydrogen (secondary N) is 1. The van der Waals surface area contributed by atoms with Crippen LogP contribution in [0.15, 0.2) is 12.8 Å². The predicted octanol–water partition coefficient (Wildman–Crippen LogP) is 0.508. The lowest BCUT2D eigenvalue weighted by Crippen LogP contribution is -2.13. The van der Waals surface area contributed by atoms with E-state index in [2.05, 4.69) is 11.9 Å². The molecule has 46 valence electrons. The number of hydrogen-bond donors (Lipinski definition) is 1. The summed E-state index contributed by atoms with van der Waals surface area (Å²) in [6.07, 6.45) is 3.01. The highest BCUT2D eigenvalue weighted by Gasteiger charge is 2.12. The number of rotatable bonds is 2. The molecule has 0 amide bonds. The second-order valence-corrected chi connectivity index (χ2v) is 1.92. The van der Waals surface area contributed by atoms with Gasteiger partial charge in [0.2, 0.25) is 0 Å². The van der Waals surface area contributed by atoms with Crippen molar-refractivity contribution >= 4 is 0 Å². The van der Waals surface area contributed by atoms with E-state index in [4.69, 9.17) is 4.74 Å². The van der Waals surface area contributed by atoms with Gasteiger partial charge in [-0.05, 0) is 13.0 Å². The summed E-state index contributed by atoms with van der Waals surface area (Å²) in [7, 11) is 0. The maximum absolute atomic E-state index is 5.10. The zero-order chi connectivity index (χ0) is 5.82. The third-order valence-corrected chi connectivity index (χ3v) is 1.30. The zero-order valence-electron chi connectivity index (χ0n) is 4.89. The summed E-state index contributed by atoms with van der Waals surface area (Å²) in [4.78, 5) is 0. The molecule has 2 nitrogen and oxygen atoms in total. The molecule has 0 aromatic rings. The SMILES string of the molecule is C=COC1CCNC1. The van der Waals surface area contributed by atoms with Crippen LogP contribution in [0.1, 0.15) is 6.42 Å². The second kappa shape index (κ2) is 2.72. The van der Waals surface area contributed by atoms with E-state index in [9.17, 15) is 0 Å². The van der Waals surface area contributed by atoms with Crippen molar-refractivity contribution in [1.29, 1.82) is 0 Å². The molecule has 0 aromatic carbocycles. The van der Waals surface area contributed by atoms with Gasteiger partial charge in [0.1, 0.15) is 6.10 Å². The lowest BCUT2D eigenvalue weighted by atomic mass is 10.3. The van der Waals surface area contributed by atoms with Crippen LogP contribution in [-0.4, -0.2) is 19.2 Å². The highest BCUT2D eigenvalue weighted by Crippen LogP contribution is 2.01. The van der Waals surface area contributed by atoms with Crippen LogP contribution >= 0.6 is 0 Å². The lowest BCUT2D eigenvalue weighted by Gasteiger charge is -2.04. The van der Waals surface area contributed by atoms with Crippen molar-refractivity contribution in [1.82, 2.24) is 5.32 Å². The summed E-state index contributed by atoms with van der Waals surface area (Å²) in [5.41, 5.74) is 0. The van der Waals surface area contributed by atoms with Gasteiger partial charge in [-0.3, -0.25) is 0 Å². The van der Waals surface area contributed by atoms with Crippen molar-refractivity contribution < 1.29 is 4.74 Å². The molecule has 0 radical (unpaired) electrons. The fourth-order valence-electron chi connectivity index (χ4n) is 0.880. The molecule has 8 heavy (non-hydrogen) atoms. The van der Waals surface area contributed by atoms with Crippen LogP contribution < -0.4 is 5.32 Å². The predicted molar refractivity (Wildman–Crippen MR) is 32.6 cm³/mol. The number of hydrogen-bond acceptors (Lipinski definition) is 2. The van der Waals surface area contributed by atoms with E-state index in [0.717, 1.165) is 19.5 Å². The summed E-state index contributed by atoms with van der Waals surface area (Å²) < 4.78 is 5.10. The zero-order valence-corrected chi connectivity index (χ0v) is 4.89. The Morgan fingerprint density at radius 2 is 2.62 bits per heavy atom. The van der Waals surface area contributed by atoms with Crippen molar-refractivity contribution in [2.75, 3.05) is 13.1 Å². The Bertz CT molecular complexity index is 76.6. The van der Waals surface area contributed by atoms with E-state index in [1.54, 1.807) is 0 Å². The third kappa shape index (κ3) is 1.23. The first-order valence-electron chi connectivity index (χ1n) is 2.90. The van der Waals surface area contributed by atoms with Gasteiger partial charge in [0.25, 0.3) is 0 Å². The standard InChI is InChI=1S/C6H11NO/c1-2-8-6-3-4-7-5-6/h2,6-7H,1,3-5H2. The highest BCUT2D eigenvalue weighted by atomic mass is 16.5. The van der Waals surface area contributed by atoms with Crippen LogP contribution in [-0.2, 0) is 4.74 Å². The molecule has 0 aromatic heterocycles. The maximum Gasteiger partial charge on any atom is 0.111 e. The van der Waals surface area contributed by atoms with Crippen LogP contribution in [0.25, 0.3) is 0 Å². The molecule has 1 unspecified atom stereocenters. The van der Waals surface area contributed by atoms with E-state index in [1.807, 2.05) is 0 Å². The van der Waals surface area contributed by atoms with Crippen molar-refractivity contribution in [2.24, 2.45) is 0 Å². The molecule has 0 aliphatic carbocycles. The van der Waals surface area contributed by atoms with Crippen LogP contribution in [0.3, 0.4) is 0 Å². The Morgan fingerprint density at radius 1 is 1.75 bits per heavy atom. The van der Waals surface area contributed by atoms with Gasteiger partial charge >= 0.3 is 0 Å². The summed E-state index contributed by atoms with van der Waals surface area (Å²) in [6, 6.07) is 0. The Kier molecular flexibility index (Phi) is 1.92. The van der Waals surface area contributed by atoms with Gasteiger partial charge in [-0.25, -0.2) is 0 Å². The first-order chi connectivity index (χ1) is 3.93. The van der Waals surface area contributed by atoms with Gasteiger partial charge < -0.3 is 10.1 Å². The third-order valence-electron chi connectivity index (χ3n) is 1.30. The van der Waals surface area contributed by atoms with E-state index >= 15 is 0 Å². The van der Waals surface area contributed by atoms with E-state index < -0.39 is 0 Å². The minimum atomic E-state index is 0.382. The Labute approximate surface area is 49.5 Å².